The zero-order chi connectivity index (χ0) is 8.20. The van der Waals surface area contributed by atoms with Crippen LogP contribution in [0.5, 0.6) is 0 Å². The van der Waals surface area contributed by atoms with Crippen LogP contribution < -0.4 is 0 Å². The molecule has 0 aliphatic heterocycles. The van der Waals surface area contributed by atoms with Gasteiger partial charge in [0.2, 0.25) is 0 Å². The van der Waals surface area contributed by atoms with Gasteiger partial charge in [-0.2, -0.15) is 0 Å². The van der Waals surface area contributed by atoms with Crippen LogP contribution in [-0.2, 0) is 4.43 Å². The average molecular weight is 186 g/mol. The maximum Gasteiger partial charge on any atom is 0.495 e. The Hall–Kier alpha value is 0.194. The van der Waals surface area contributed by atoms with Crippen LogP contribution in [0.25, 0.3) is 0 Å². The second-order valence-electron chi connectivity index (χ2n) is 1.72. The summed E-state index contributed by atoms with van der Waals surface area (Å²) < 4.78 is 4.22. The van der Waals surface area contributed by atoms with Crippen molar-refractivity contribution in [3.05, 3.63) is 0 Å². The molecule has 0 bridgehead atoms. The lowest BCUT2D eigenvalue weighted by atomic mass is 10.9. The third-order valence-electron chi connectivity index (χ3n) is 0.704. The van der Waals surface area contributed by atoms with Gasteiger partial charge in [-0.05, 0) is 0 Å². The van der Waals surface area contributed by atoms with Crippen molar-refractivity contribution in [2.24, 2.45) is 0 Å². The fourth-order valence-corrected chi connectivity index (χ4v) is 1.26. The molecule has 0 amide bonds. The Morgan fingerprint density at radius 1 is 1.20 bits per heavy atom. The van der Waals surface area contributed by atoms with Crippen LogP contribution in [0.15, 0.2) is 0 Å². The van der Waals surface area contributed by atoms with Crippen molar-refractivity contribution in [1.82, 2.24) is 0 Å². The van der Waals surface area contributed by atoms with Gasteiger partial charge in [-0.15, -0.1) is 0 Å². The first-order chi connectivity index (χ1) is 4.42. The van der Waals surface area contributed by atoms with Gasteiger partial charge in [-0.25, -0.2) is 0 Å². The predicted molar refractivity (Wildman–Crippen MR) is 34.8 cm³/mol. The molecule has 5 N–H and O–H groups in total. The van der Waals surface area contributed by atoms with E-state index in [4.69, 9.17) is 24.0 Å². The normalized spacial score (nSPS) is 12.6. The van der Waals surface area contributed by atoms with Crippen LogP contribution >= 0.6 is 0 Å². The first kappa shape index (κ1) is 10.2. The van der Waals surface area contributed by atoms with E-state index in [2.05, 4.69) is 4.43 Å². The molecule has 0 aromatic carbocycles. The second-order valence-corrected chi connectivity index (χ2v) is 4.76. The smallest absolute Gasteiger partial charge is 0.392 e. The van der Waals surface area contributed by atoms with Gasteiger partial charge in [0.05, 0.1) is 0 Å². The van der Waals surface area contributed by atoms with Gasteiger partial charge < -0.3 is 28.4 Å². The van der Waals surface area contributed by atoms with Crippen molar-refractivity contribution >= 4 is 18.3 Å². The first-order valence-corrected chi connectivity index (χ1v) is 6.12. The Balaban J connectivity index is 3.21. The minimum absolute atomic E-state index is 0.236. The molecule has 0 unspecified atom stereocenters. The van der Waals surface area contributed by atoms with E-state index in [0.717, 1.165) is 0 Å². The molecule has 0 aliphatic carbocycles. The van der Waals surface area contributed by atoms with E-state index in [-0.39, 0.29) is 12.7 Å². The van der Waals surface area contributed by atoms with Gasteiger partial charge in [0.1, 0.15) is 0 Å². The zero-order valence-electron chi connectivity index (χ0n) is 5.14. The van der Waals surface area contributed by atoms with E-state index >= 15 is 0 Å². The Labute approximate surface area is 60.3 Å². The lowest BCUT2D eigenvalue weighted by Gasteiger charge is -2.08. The maximum atomic E-state index is 8.35. The lowest BCUT2D eigenvalue weighted by molar-refractivity contribution is 0.173. The van der Waals surface area contributed by atoms with Gasteiger partial charge >= 0.3 is 18.3 Å². The van der Waals surface area contributed by atoms with Crippen molar-refractivity contribution in [2.75, 3.05) is 6.61 Å². The molecule has 0 fully saturated rings. The molecule has 62 valence electrons. The largest absolute Gasteiger partial charge is 0.495 e. The van der Waals surface area contributed by atoms with Crippen LogP contribution in [-0.4, -0.2) is 48.9 Å². The summed E-state index contributed by atoms with van der Waals surface area (Å²) in [6, 6.07) is -0.336. The Morgan fingerprint density at radius 3 is 2.00 bits per heavy atom. The monoisotopic (exact) mass is 186 g/mol. The molecule has 0 aromatic heterocycles. The molecule has 0 spiro atoms. The van der Waals surface area contributed by atoms with Crippen LogP contribution in [0, 0.1) is 0 Å². The summed E-state index contributed by atoms with van der Waals surface area (Å²) in [6.45, 7) is -0.236. The van der Waals surface area contributed by atoms with Crippen LogP contribution in [0.1, 0.15) is 0 Å². The van der Waals surface area contributed by atoms with Crippen molar-refractivity contribution in [1.29, 1.82) is 0 Å². The fraction of sp³-hybridized carbons (Fsp3) is 1.00. The molecule has 0 heterocycles. The molecule has 0 aliphatic rings. The van der Waals surface area contributed by atoms with Crippen molar-refractivity contribution in [2.45, 2.75) is 6.04 Å². The number of rotatable bonds is 4. The molecule has 0 saturated carbocycles. The van der Waals surface area contributed by atoms with E-state index in [1.807, 2.05) is 0 Å². The van der Waals surface area contributed by atoms with Crippen LogP contribution in [0.2, 0.25) is 6.04 Å². The molecule has 0 atom stereocenters. The fourth-order valence-electron chi connectivity index (χ4n) is 0.301. The molecular formula is C2H10O6Si2. The highest BCUT2D eigenvalue weighted by atomic mass is 28.4. The van der Waals surface area contributed by atoms with Crippen molar-refractivity contribution in [3.8, 4) is 0 Å². The summed E-state index contributed by atoms with van der Waals surface area (Å²) in [5.74, 6) is 0. The summed E-state index contributed by atoms with van der Waals surface area (Å²) in [6.07, 6.45) is 0. The van der Waals surface area contributed by atoms with E-state index in [1.54, 1.807) is 0 Å². The maximum absolute atomic E-state index is 8.35. The van der Waals surface area contributed by atoms with Gasteiger partial charge in [0.15, 0.2) is 0 Å². The molecular weight excluding hydrogens is 176 g/mol. The summed E-state index contributed by atoms with van der Waals surface area (Å²) in [5, 5.41) is 0. The van der Waals surface area contributed by atoms with Crippen LogP contribution in [0.3, 0.4) is 0 Å². The Kier molecular flexibility index (Phi) is 4.23. The van der Waals surface area contributed by atoms with Gasteiger partial charge in [-0.1, -0.05) is 0 Å². The average Bonchev–Trinajstić information content (AvgIpc) is 1.59. The van der Waals surface area contributed by atoms with Crippen LogP contribution in [0.4, 0.5) is 0 Å². The summed E-state index contributed by atoms with van der Waals surface area (Å²) in [5.41, 5.74) is 0. The van der Waals surface area contributed by atoms with E-state index in [9.17, 15) is 0 Å². The summed E-state index contributed by atoms with van der Waals surface area (Å²) in [4.78, 5) is 41.4. The van der Waals surface area contributed by atoms with Gasteiger partial charge in [0.25, 0.3) is 0 Å². The quantitative estimate of drug-likeness (QED) is 0.293. The highest BCUT2D eigenvalue weighted by molar-refractivity contribution is 6.56. The minimum Gasteiger partial charge on any atom is -0.392 e. The van der Waals surface area contributed by atoms with Crippen molar-refractivity contribution in [3.63, 3.8) is 0 Å². The summed E-state index contributed by atoms with van der Waals surface area (Å²) in [7, 11) is -7.12. The third kappa shape index (κ3) is 8.19. The first-order valence-electron chi connectivity index (χ1n) is 2.57. The number of hydrogen-bond acceptors (Lipinski definition) is 6. The van der Waals surface area contributed by atoms with E-state index < -0.39 is 18.3 Å². The SMILES string of the molecule is O[SiH](O)OCC[Si](O)(O)O. The van der Waals surface area contributed by atoms with E-state index in [0.29, 0.717) is 0 Å². The predicted octanol–water partition coefficient (Wildman–Crippen LogP) is -3.38. The van der Waals surface area contributed by atoms with Gasteiger partial charge in [0, 0.05) is 12.7 Å². The van der Waals surface area contributed by atoms with Crippen molar-refractivity contribution < 1.29 is 28.4 Å². The second kappa shape index (κ2) is 4.15. The molecule has 10 heavy (non-hydrogen) atoms. The highest BCUT2D eigenvalue weighted by Crippen LogP contribution is 1.95. The molecule has 0 saturated heterocycles. The minimum atomic E-state index is -4.05. The third-order valence-corrected chi connectivity index (χ3v) is 2.11. The Morgan fingerprint density at radius 2 is 1.70 bits per heavy atom. The van der Waals surface area contributed by atoms with E-state index in [1.165, 1.54) is 0 Å². The zero-order valence-corrected chi connectivity index (χ0v) is 7.29. The number of hydrogen-bond donors (Lipinski definition) is 5. The molecule has 6 nitrogen and oxygen atoms in total. The standard InChI is InChI=1S/C2H10O6Si2/c3-9(4)8-1-2-10(5,6)7/h3-7,9H,1-2H2. The lowest BCUT2D eigenvalue weighted by Crippen LogP contribution is -2.36. The highest BCUT2D eigenvalue weighted by Gasteiger charge is 2.26. The summed E-state index contributed by atoms with van der Waals surface area (Å²) >= 11 is 0. The molecule has 0 radical (unpaired) electrons. The topological polar surface area (TPSA) is 110 Å². The molecule has 8 heteroatoms. The Bertz CT molecular complexity index is 88.2. The molecule has 0 aromatic rings. The van der Waals surface area contributed by atoms with Gasteiger partial charge in [-0.3, -0.25) is 0 Å². The molecule has 0 rings (SSSR count).